The summed E-state index contributed by atoms with van der Waals surface area (Å²) in [6, 6.07) is 5.59. The van der Waals surface area contributed by atoms with Crippen LogP contribution in [0.2, 0.25) is 0 Å². The number of methoxy groups -OCH3 is 1. The molecular weight excluding hydrogens is 204 g/mol. The van der Waals surface area contributed by atoms with Gasteiger partial charge in [0.1, 0.15) is 5.75 Å². The lowest BCUT2D eigenvalue weighted by molar-refractivity contribution is 0.0855. The van der Waals surface area contributed by atoms with E-state index in [0.717, 1.165) is 24.6 Å². The molecule has 0 saturated carbocycles. The molecule has 0 radical (unpaired) electrons. The van der Waals surface area contributed by atoms with E-state index in [4.69, 9.17) is 15.2 Å². The number of anilines is 2. The molecule has 1 unspecified atom stereocenters. The van der Waals surface area contributed by atoms with Crippen LogP contribution in [0.25, 0.3) is 0 Å². The van der Waals surface area contributed by atoms with E-state index in [1.807, 2.05) is 26.0 Å². The van der Waals surface area contributed by atoms with Crippen LogP contribution in [0.15, 0.2) is 18.2 Å². The highest BCUT2D eigenvalue weighted by atomic mass is 16.5. The molecule has 1 rings (SSSR count). The van der Waals surface area contributed by atoms with Gasteiger partial charge in [0.15, 0.2) is 0 Å². The number of hydrogen-bond acceptors (Lipinski definition) is 4. The van der Waals surface area contributed by atoms with Gasteiger partial charge in [0, 0.05) is 19.2 Å². The summed E-state index contributed by atoms with van der Waals surface area (Å²) < 4.78 is 10.5. The molecule has 0 saturated heterocycles. The number of rotatable bonds is 6. The molecule has 0 spiro atoms. The molecule has 0 amide bonds. The fourth-order valence-corrected chi connectivity index (χ4v) is 1.43. The van der Waals surface area contributed by atoms with Crippen LogP contribution in [-0.4, -0.2) is 26.4 Å². The minimum absolute atomic E-state index is 0.173. The smallest absolute Gasteiger partial charge is 0.121 e. The summed E-state index contributed by atoms with van der Waals surface area (Å²) in [7, 11) is 1.62. The molecule has 0 fully saturated rings. The minimum atomic E-state index is 0.173. The van der Waals surface area contributed by atoms with Gasteiger partial charge in [0.25, 0.3) is 0 Å². The van der Waals surface area contributed by atoms with Gasteiger partial charge in [0.05, 0.1) is 24.6 Å². The highest BCUT2D eigenvalue weighted by Crippen LogP contribution is 2.23. The predicted molar refractivity (Wildman–Crippen MR) is 67.0 cm³/mol. The zero-order chi connectivity index (χ0) is 12.0. The molecular formula is C12H20N2O2. The van der Waals surface area contributed by atoms with E-state index >= 15 is 0 Å². The van der Waals surface area contributed by atoms with E-state index in [9.17, 15) is 0 Å². The number of nitrogen functional groups attached to an aromatic ring is 1. The molecule has 0 aliphatic rings. The molecule has 0 heterocycles. The molecule has 4 heteroatoms. The largest absolute Gasteiger partial charge is 0.497 e. The van der Waals surface area contributed by atoms with Gasteiger partial charge in [-0.15, -0.1) is 0 Å². The van der Waals surface area contributed by atoms with E-state index in [0.29, 0.717) is 5.69 Å². The summed E-state index contributed by atoms with van der Waals surface area (Å²) in [6.07, 6.45) is 0.173. The molecule has 16 heavy (non-hydrogen) atoms. The fourth-order valence-electron chi connectivity index (χ4n) is 1.43. The van der Waals surface area contributed by atoms with Crippen molar-refractivity contribution in [3.05, 3.63) is 18.2 Å². The Hall–Kier alpha value is -1.42. The summed E-state index contributed by atoms with van der Waals surface area (Å²) in [5.74, 6) is 0.765. The summed E-state index contributed by atoms with van der Waals surface area (Å²) in [5, 5.41) is 3.24. The van der Waals surface area contributed by atoms with Crippen LogP contribution in [0, 0.1) is 0 Å². The van der Waals surface area contributed by atoms with Gasteiger partial charge in [-0.2, -0.15) is 0 Å². The van der Waals surface area contributed by atoms with Crippen LogP contribution >= 0.6 is 0 Å². The van der Waals surface area contributed by atoms with Crippen molar-refractivity contribution in [1.82, 2.24) is 0 Å². The third kappa shape index (κ3) is 3.62. The van der Waals surface area contributed by atoms with E-state index in [2.05, 4.69) is 5.32 Å². The van der Waals surface area contributed by atoms with Crippen molar-refractivity contribution in [1.29, 1.82) is 0 Å². The van der Waals surface area contributed by atoms with Crippen molar-refractivity contribution in [2.75, 3.05) is 31.3 Å². The zero-order valence-corrected chi connectivity index (χ0v) is 10.1. The normalized spacial score (nSPS) is 12.2. The van der Waals surface area contributed by atoms with Crippen LogP contribution in [0.1, 0.15) is 13.8 Å². The van der Waals surface area contributed by atoms with Crippen LogP contribution in [0.3, 0.4) is 0 Å². The van der Waals surface area contributed by atoms with E-state index in [1.165, 1.54) is 0 Å². The van der Waals surface area contributed by atoms with Crippen LogP contribution in [-0.2, 0) is 4.74 Å². The maximum absolute atomic E-state index is 5.87. The number of hydrogen-bond donors (Lipinski definition) is 2. The molecule has 0 aliphatic heterocycles. The zero-order valence-electron chi connectivity index (χ0n) is 10.1. The first-order chi connectivity index (χ1) is 7.67. The molecule has 90 valence electrons. The van der Waals surface area contributed by atoms with Crippen molar-refractivity contribution in [2.24, 2.45) is 0 Å². The Morgan fingerprint density at radius 2 is 2.19 bits per heavy atom. The van der Waals surface area contributed by atoms with Crippen molar-refractivity contribution in [3.63, 3.8) is 0 Å². The lowest BCUT2D eigenvalue weighted by atomic mass is 10.2. The Morgan fingerprint density at radius 3 is 2.75 bits per heavy atom. The topological polar surface area (TPSA) is 56.5 Å². The number of benzene rings is 1. The first-order valence-corrected chi connectivity index (χ1v) is 5.46. The SMILES string of the molecule is CCOC(C)CNc1ccc(OC)cc1N. The van der Waals surface area contributed by atoms with Gasteiger partial charge < -0.3 is 20.5 Å². The second kappa shape index (κ2) is 6.23. The lowest BCUT2D eigenvalue weighted by Crippen LogP contribution is -2.20. The third-order valence-electron chi connectivity index (χ3n) is 2.29. The Bertz CT molecular complexity index is 329. The summed E-state index contributed by atoms with van der Waals surface area (Å²) in [5.41, 5.74) is 7.47. The fraction of sp³-hybridized carbons (Fsp3) is 0.500. The van der Waals surface area contributed by atoms with E-state index in [1.54, 1.807) is 13.2 Å². The Balaban J connectivity index is 2.54. The van der Waals surface area contributed by atoms with Crippen LogP contribution < -0.4 is 15.8 Å². The van der Waals surface area contributed by atoms with Crippen LogP contribution in [0.4, 0.5) is 11.4 Å². The van der Waals surface area contributed by atoms with Crippen molar-refractivity contribution >= 4 is 11.4 Å². The van der Waals surface area contributed by atoms with E-state index < -0.39 is 0 Å². The van der Waals surface area contributed by atoms with Gasteiger partial charge in [-0.1, -0.05) is 0 Å². The standard InChI is InChI=1S/C12H20N2O2/c1-4-16-9(2)8-14-12-6-5-10(15-3)7-11(12)13/h5-7,9,14H,4,8,13H2,1-3H3. The van der Waals surface area contributed by atoms with Gasteiger partial charge in [-0.3, -0.25) is 0 Å². The Kier molecular flexibility index (Phi) is 4.92. The summed E-state index contributed by atoms with van der Waals surface area (Å²) in [6.45, 7) is 5.47. The number of nitrogens with one attached hydrogen (secondary N) is 1. The van der Waals surface area contributed by atoms with Crippen molar-refractivity contribution in [3.8, 4) is 5.75 Å². The second-order valence-electron chi connectivity index (χ2n) is 3.60. The number of nitrogens with two attached hydrogens (primary N) is 1. The molecule has 1 atom stereocenters. The molecule has 3 N–H and O–H groups in total. The molecule has 0 aromatic heterocycles. The number of ether oxygens (including phenoxy) is 2. The maximum Gasteiger partial charge on any atom is 0.121 e. The Labute approximate surface area is 96.7 Å². The van der Waals surface area contributed by atoms with Gasteiger partial charge in [-0.05, 0) is 26.0 Å². The average Bonchev–Trinajstić information content (AvgIpc) is 2.27. The monoisotopic (exact) mass is 224 g/mol. The summed E-state index contributed by atoms with van der Waals surface area (Å²) in [4.78, 5) is 0. The van der Waals surface area contributed by atoms with Gasteiger partial charge in [-0.25, -0.2) is 0 Å². The third-order valence-corrected chi connectivity index (χ3v) is 2.29. The maximum atomic E-state index is 5.87. The van der Waals surface area contributed by atoms with Crippen molar-refractivity contribution in [2.45, 2.75) is 20.0 Å². The second-order valence-corrected chi connectivity index (χ2v) is 3.60. The summed E-state index contributed by atoms with van der Waals surface area (Å²) >= 11 is 0. The predicted octanol–water partition coefficient (Wildman–Crippen LogP) is 2.11. The highest BCUT2D eigenvalue weighted by Gasteiger charge is 2.03. The van der Waals surface area contributed by atoms with E-state index in [-0.39, 0.29) is 6.10 Å². The first-order valence-electron chi connectivity index (χ1n) is 5.46. The molecule has 1 aromatic rings. The molecule has 0 bridgehead atoms. The highest BCUT2D eigenvalue weighted by molar-refractivity contribution is 5.68. The lowest BCUT2D eigenvalue weighted by Gasteiger charge is -2.15. The first kappa shape index (κ1) is 12.6. The Morgan fingerprint density at radius 1 is 1.44 bits per heavy atom. The van der Waals surface area contributed by atoms with Crippen LogP contribution in [0.5, 0.6) is 5.75 Å². The van der Waals surface area contributed by atoms with Crippen molar-refractivity contribution < 1.29 is 9.47 Å². The van der Waals surface area contributed by atoms with Gasteiger partial charge >= 0.3 is 0 Å². The molecule has 0 aliphatic carbocycles. The quantitative estimate of drug-likeness (QED) is 0.727. The molecule has 4 nitrogen and oxygen atoms in total. The van der Waals surface area contributed by atoms with Gasteiger partial charge in [0.2, 0.25) is 0 Å². The average molecular weight is 224 g/mol. The minimum Gasteiger partial charge on any atom is -0.497 e. The molecule has 1 aromatic carbocycles.